The van der Waals surface area contributed by atoms with Crippen molar-refractivity contribution in [2.45, 2.75) is 13.8 Å². The van der Waals surface area contributed by atoms with E-state index in [0.29, 0.717) is 11.4 Å². The lowest BCUT2D eigenvalue weighted by atomic mass is 10.3. The minimum atomic E-state index is -0.759. The molecule has 2 N–H and O–H groups in total. The van der Waals surface area contributed by atoms with Crippen LogP contribution in [0.2, 0.25) is 0 Å². The van der Waals surface area contributed by atoms with E-state index < -0.39 is 12.1 Å². The molecular weight excluding hydrogens is 264 g/mol. The Labute approximate surface area is 116 Å². The molecule has 0 spiro atoms. The molecule has 0 aromatic heterocycles. The lowest BCUT2D eigenvalue weighted by molar-refractivity contribution is -0.141. The van der Waals surface area contributed by atoms with Crippen molar-refractivity contribution in [1.29, 1.82) is 0 Å². The number of rotatable bonds is 5. The highest BCUT2D eigenvalue weighted by Gasteiger charge is 2.08. The zero-order valence-corrected chi connectivity index (χ0v) is 11.3. The molecular formula is C13H16N2O5. The summed E-state index contributed by atoms with van der Waals surface area (Å²) in [6.07, 6.45) is -0.759. The van der Waals surface area contributed by atoms with Crippen LogP contribution in [0.3, 0.4) is 0 Å². The smallest absolute Gasteiger partial charge is 0.413 e. The van der Waals surface area contributed by atoms with Crippen LogP contribution in [0.1, 0.15) is 13.8 Å². The fourth-order valence-corrected chi connectivity index (χ4v) is 1.31. The molecule has 0 bridgehead atoms. The highest BCUT2D eigenvalue weighted by molar-refractivity contribution is 5.88. The van der Waals surface area contributed by atoms with Gasteiger partial charge in [-0.2, -0.15) is 0 Å². The van der Waals surface area contributed by atoms with Gasteiger partial charge in [0.15, 0.2) is 0 Å². The first-order valence-corrected chi connectivity index (χ1v) is 6.00. The molecule has 0 aliphatic rings. The molecule has 7 nitrogen and oxygen atoms in total. The molecule has 1 rings (SSSR count). The van der Waals surface area contributed by atoms with E-state index in [1.807, 2.05) is 0 Å². The maximum atomic E-state index is 11.4. The Morgan fingerprint density at radius 3 is 2.35 bits per heavy atom. The van der Waals surface area contributed by atoms with Crippen molar-refractivity contribution in [1.82, 2.24) is 5.32 Å². The molecule has 0 fully saturated rings. The van der Waals surface area contributed by atoms with Gasteiger partial charge in [0.05, 0.1) is 6.61 Å². The SMILES string of the molecule is CCOC(=O)CNC(=O)Oc1ccc(NC(C)=O)cc1. The fraction of sp³-hybridized carbons (Fsp3) is 0.308. The summed E-state index contributed by atoms with van der Waals surface area (Å²) < 4.78 is 9.58. The van der Waals surface area contributed by atoms with Gasteiger partial charge in [-0.05, 0) is 31.2 Å². The Bertz CT molecular complexity index is 484. The van der Waals surface area contributed by atoms with Gasteiger partial charge in [-0.3, -0.25) is 9.59 Å². The van der Waals surface area contributed by atoms with Crippen molar-refractivity contribution in [3.8, 4) is 5.75 Å². The lowest BCUT2D eigenvalue weighted by Gasteiger charge is -2.07. The summed E-state index contributed by atoms with van der Waals surface area (Å²) in [5, 5.41) is 4.84. The average molecular weight is 280 g/mol. The molecule has 20 heavy (non-hydrogen) atoms. The van der Waals surface area contributed by atoms with E-state index in [0.717, 1.165) is 0 Å². The number of hydrogen-bond donors (Lipinski definition) is 2. The van der Waals surface area contributed by atoms with Gasteiger partial charge in [0.1, 0.15) is 12.3 Å². The highest BCUT2D eigenvalue weighted by atomic mass is 16.6. The second-order valence-electron chi connectivity index (χ2n) is 3.75. The van der Waals surface area contributed by atoms with E-state index in [-0.39, 0.29) is 19.1 Å². The molecule has 0 heterocycles. The minimum Gasteiger partial charge on any atom is -0.465 e. The molecule has 1 aromatic carbocycles. The summed E-state index contributed by atoms with van der Waals surface area (Å²) in [5.74, 6) is -0.434. The van der Waals surface area contributed by atoms with Crippen LogP contribution >= 0.6 is 0 Å². The van der Waals surface area contributed by atoms with Crippen molar-refractivity contribution in [2.75, 3.05) is 18.5 Å². The lowest BCUT2D eigenvalue weighted by Crippen LogP contribution is -2.32. The largest absolute Gasteiger partial charge is 0.465 e. The molecule has 0 unspecified atom stereocenters. The van der Waals surface area contributed by atoms with E-state index in [2.05, 4.69) is 15.4 Å². The van der Waals surface area contributed by atoms with Crippen LogP contribution in [-0.4, -0.2) is 31.1 Å². The molecule has 0 saturated carbocycles. The number of amides is 2. The van der Waals surface area contributed by atoms with Gasteiger partial charge in [0, 0.05) is 12.6 Å². The Morgan fingerprint density at radius 2 is 1.80 bits per heavy atom. The molecule has 2 amide bonds. The summed E-state index contributed by atoms with van der Waals surface area (Å²) >= 11 is 0. The average Bonchev–Trinajstić information content (AvgIpc) is 2.38. The van der Waals surface area contributed by atoms with Gasteiger partial charge in [-0.15, -0.1) is 0 Å². The van der Waals surface area contributed by atoms with Crippen LogP contribution in [-0.2, 0) is 14.3 Å². The maximum absolute atomic E-state index is 11.4. The normalized spacial score (nSPS) is 9.50. The minimum absolute atomic E-state index is 0.189. The van der Waals surface area contributed by atoms with Gasteiger partial charge in [-0.1, -0.05) is 0 Å². The summed E-state index contributed by atoms with van der Waals surface area (Å²) in [4.78, 5) is 33.2. The van der Waals surface area contributed by atoms with Crippen LogP contribution in [0.5, 0.6) is 5.75 Å². The number of carbonyl (C=O) groups excluding carboxylic acids is 3. The first kappa shape index (κ1) is 15.5. The molecule has 0 radical (unpaired) electrons. The zero-order chi connectivity index (χ0) is 15.0. The van der Waals surface area contributed by atoms with Crippen molar-refractivity contribution >= 4 is 23.7 Å². The zero-order valence-electron chi connectivity index (χ0n) is 11.3. The van der Waals surface area contributed by atoms with Crippen LogP contribution in [0, 0.1) is 0 Å². The van der Waals surface area contributed by atoms with Crippen molar-refractivity contribution in [3.05, 3.63) is 24.3 Å². The standard InChI is InChI=1S/C13H16N2O5/c1-3-19-12(17)8-14-13(18)20-11-6-4-10(5-7-11)15-9(2)16/h4-7H,3,8H2,1-2H3,(H,14,18)(H,15,16). The molecule has 0 atom stereocenters. The van der Waals surface area contributed by atoms with Gasteiger partial charge in [0.2, 0.25) is 5.91 Å². The molecule has 1 aromatic rings. The Kier molecular flexibility index (Phi) is 6.02. The maximum Gasteiger partial charge on any atom is 0.413 e. The van der Waals surface area contributed by atoms with E-state index in [9.17, 15) is 14.4 Å². The molecule has 0 aliphatic carbocycles. The second-order valence-corrected chi connectivity index (χ2v) is 3.75. The van der Waals surface area contributed by atoms with Crippen molar-refractivity contribution < 1.29 is 23.9 Å². The number of anilines is 1. The van der Waals surface area contributed by atoms with E-state index in [1.54, 1.807) is 19.1 Å². The summed E-state index contributed by atoms with van der Waals surface area (Å²) in [5.41, 5.74) is 0.594. The van der Waals surface area contributed by atoms with Crippen LogP contribution in [0.15, 0.2) is 24.3 Å². The Morgan fingerprint density at radius 1 is 1.15 bits per heavy atom. The third kappa shape index (κ3) is 5.85. The third-order valence-corrected chi connectivity index (χ3v) is 2.07. The monoisotopic (exact) mass is 280 g/mol. The summed E-state index contributed by atoms with van der Waals surface area (Å²) in [6.45, 7) is 3.07. The van der Waals surface area contributed by atoms with E-state index in [4.69, 9.17) is 4.74 Å². The quantitative estimate of drug-likeness (QED) is 0.793. The third-order valence-electron chi connectivity index (χ3n) is 2.07. The van der Waals surface area contributed by atoms with E-state index in [1.165, 1.54) is 19.1 Å². The van der Waals surface area contributed by atoms with Gasteiger partial charge >= 0.3 is 12.1 Å². The molecule has 0 aliphatic heterocycles. The molecule has 7 heteroatoms. The number of nitrogens with one attached hydrogen (secondary N) is 2. The van der Waals surface area contributed by atoms with E-state index >= 15 is 0 Å². The second kappa shape index (κ2) is 7.78. The summed E-state index contributed by atoms with van der Waals surface area (Å²) in [6, 6.07) is 6.23. The first-order valence-electron chi connectivity index (χ1n) is 6.00. The topological polar surface area (TPSA) is 93.7 Å². The molecule has 108 valence electrons. The van der Waals surface area contributed by atoms with Gasteiger partial charge in [0.25, 0.3) is 0 Å². The first-order chi connectivity index (χ1) is 9.51. The van der Waals surface area contributed by atoms with Gasteiger partial charge in [-0.25, -0.2) is 4.79 Å². The number of carbonyl (C=O) groups is 3. The number of hydrogen-bond acceptors (Lipinski definition) is 5. The fourth-order valence-electron chi connectivity index (χ4n) is 1.31. The van der Waals surface area contributed by atoms with Crippen molar-refractivity contribution in [3.63, 3.8) is 0 Å². The molecule has 0 saturated heterocycles. The predicted molar refractivity (Wildman–Crippen MR) is 71.4 cm³/mol. The number of benzene rings is 1. The van der Waals surface area contributed by atoms with Crippen molar-refractivity contribution in [2.24, 2.45) is 0 Å². The van der Waals surface area contributed by atoms with Crippen LogP contribution < -0.4 is 15.4 Å². The van der Waals surface area contributed by atoms with Crippen LogP contribution in [0.25, 0.3) is 0 Å². The van der Waals surface area contributed by atoms with Crippen LogP contribution in [0.4, 0.5) is 10.5 Å². The van der Waals surface area contributed by atoms with Gasteiger partial charge < -0.3 is 20.1 Å². The predicted octanol–water partition coefficient (Wildman–Crippen LogP) is 1.30. The Balaban J connectivity index is 2.42. The summed E-state index contributed by atoms with van der Waals surface area (Å²) in [7, 11) is 0. The highest BCUT2D eigenvalue weighted by Crippen LogP contribution is 2.15. The Hall–Kier alpha value is -2.57. The number of ether oxygens (including phenoxy) is 2. The number of esters is 1.